The number of hydrogen-bond acceptors (Lipinski definition) is 5. The summed E-state index contributed by atoms with van der Waals surface area (Å²) in [5.74, 6) is 0. The molecule has 29 heavy (non-hydrogen) atoms. The molecule has 0 bridgehead atoms. The standard InChI is InChI=1S/C19H14ClF3N2O2S2/c1-11-3-5-16(17-6-4-14(10-24-17)28-19(21,22)23)18(25-11)12-7-13(20)9-15(8-12)29(2,26)27/h3-10H,1-2H3. The summed E-state index contributed by atoms with van der Waals surface area (Å²) < 4.78 is 61.5. The summed E-state index contributed by atoms with van der Waals surface area (Å²) >= 11 is 5.86. The van der Waals surface area contributed by atoms with Crippen LogP contribution in [0.4, 0.5) is 13.2 Å². The second-order valence-electron chi connectivity index (χ2n) is 6.22. The normalized spacial score (nSPS) is 12.2. The van der Waals surface area contributed by atoms with E-state index >= 15 is 0 Å². The van der Waals surface area contributed by atoms with Crippen molar-refractivity contribution in [2.45, 2.75) is 22.2 Å². The second-order valence-corrected chi connectivity index (χ2v) is 9.81. The molecule has 4 nitrogen and oxygen atoms in total. The van der Waals surface area contributed by atoms with Crippen LogP contribution in [0, 0.1) is 6.92 Å². The van der Waals surface area contributed by atoms with Crippen molar-refractivity contribution in [3.8, 4) is 22.5 Å². The van der Waals surface area contributed by atoms with Gasteiger partial charge in [-0.1, -0.05) is 11.6 Å². The number of aryl methyl sites for hydroxylation is 1. The van der Waals surface area contributed by atoms with E-state index in [-0.39, 0.29) is 26.6 Å². The SMILES string of the molecule is Cc1ccc(-c2ccc(SC(F)(F)F)cn2)c(-c2cc(Cl)cc(S(C)(=O)=O)c2)n1. The van der Waals surface area contributed by atoms with E-state index < -0.39 is 15.3 Å². The number of benzene rings is 1. The van der Waals surface area contributed by atoms with Crippen LogP contribution in [-0.4, -0.2) is 30.1 Å². The average Bonchev–Trinajstić information content (AvgIpc) is 2.60. The van der Waals surface area contributed by atoms with E-state index in [1.807, 2.05) is 0 Å². The molecule has 0 radical (unpaired) electrons. The number of alkyl halides is 3. The first-order valence-electron chi connectivity index (χ1n) is 8.13. The molecule has 0 spiro atoms. The third kappa shape index (κ3) is 5.49. The van der Waals surface area contributed by atoms with Crippen LogP contribution in [0.2, 0.25) is 5.02 Å². The summed E-state index contributed by atoms with van der Waals surface area (Å²) in [6.07, 6.45) is 2.21. The predicted molar refractivity (Wildman–Crippen MR) is 108 cm³/mol. The Balaban J connectivity index is 2.12. The fourth-order valence-electron chi connectivity index (χ4n) is 2.63. The summed E-state index contributed by atoms with van der Waals surface area (Å²) in [6, 6.07) is 10.6. The Hall–Kier alpha value is -2.10. The van der Waals surface area contributed by atoms with Crippen LogP contribution >= 0.6 is 23.4 Å². The third-order valence-corrected chi connectivity index (χ3v) is 5.87. The van der Waals surface area contributed by atoms with Crippen LogP contribution in [0.5, 0.6) is 0 Å². The molecule has 0 amide bonds. The molecule has 0 N–H and O–H groups in total. The Bertz CT molecular complexity index is 1170. The van der Waals surface area contributed by atoms with Gasteiger partial charge >= 0.3 is 5.51 Å². The molecule has 3 rings (SSSR count). The van der Waals surface area contributed by atoms with Gasteiger partial charge < -0.3 is 0 Å². The molecule has 0 fully saturated rings. The number of hydrogen-bond donors (Lipinski definition) is 0. The zero-order valence-corrected chi connectivity index (χ0v) is 17.5. The van der Waals surface area contributed by atoms with Crippen molar-refractivity contribution >= 4 is 33.2 Å². The monoisotopic (exact) mass is 458 g/mol. The molecule has 0 saturated heterocycles. The van der Waals surface area contributed by atoms with Crippen molar-refractivity contribution in [3.63, 3.8) is 0 Å². The van der Waals surface area contributed by atoms with Gasteiger partial charge in [-0.15, -0.1) is 0 Å². The van der Waals surface area contributed by atoms with E-state index in [1.165, 1.54) is 24.3 Å². The fraction of sp³-hybridized carbons (Fsp3) is 0.158. The lowest BCUT2D eigenvalue weighted by Gasteiger charge is -2.12. The summed E-state index contributed by atoms with van der Waals surface area (Å²) in [7, 11) is -3.50. The topological polar surface area (TPSA) is 59.9 Å². The van der Waals surface area contributed by atoms with Gasteiger partial charge in [0, 0.05) is 39.2 Å². The van der Waals surface area contributed by atoms with Crippen molar-refractivity contribution < 1.29 is 21.6 Å². The quantitative estimate of drug-likeness (QED) is 0.463. The molecule has 0 saturated carbocycles. The first-order chi connectivity index (χ1) is 13.4. The van der Waals surface area contributed by atoms with E-state index in [2.05, 4.69) is 9.97 Å². The molecular weight excluding hydrogens is 445 g/mol. The maximum absolute atomic E-state index is 12.5. The highest BCUT2D eigenvalue weighted by Gasteiger charge is 2.29. The van der Waals surface area contributed by atoms with Crippen molar-refractivity contribution in [3.05, 3.63) is 59.4 Å². The smallest absolute Gasteiger partial charge is 0.255 e. The van der Waals surface area contributed by atoms with Gasteiger partial charge in [-0.2, -0.15) is 13.2 Å². The van der Waals surface area contributed by atoms with E-state index in [9.17, 15) is 21.6 Å². The lowest BCUT2D eigenvalue weighted by molar-refractivity contribution is -0.0328. The molecule has 0 aliphatic heterocycles. The highest BCUT2D eigenvalue weighted by atomic mass is 35.5. The van der Waals surface area contributed by atoms with E-state index in [0.717, 1.165) is 12.5 Å². The van der Waals surface area contributed by atoms with Gasteiger partial charge in [-0.3, -0.25) is 9.97 Å². The third-order valence-electron chi connectivity index (χ3n) is 3.85. The van der Waals surface area contributed by atoms with Gasteiger partial charge in [-0.25, -0.2) is 8.42 Å². The minimum absolute atomic E-state index is 0.0370. The maximum Gasteiger partial charge on any atom is 0.446 e. The van der Waals surface area contributed by atoms with Gasteiger partial charge in [-0.05, 0) is 61.2 Å². The minimum Gasteiger partial charge on any atom is -0.255 e. The van der Waals surface area contributed by atoms with Gasteiger partial charge in [0.2, 0.25) is 0 Å². The molecule has 152 valence electrons. The van der Waals surface area contributed by atoms with Crippen LogP contribution in [0.15, 0.2) is 58.5 Å². The summed E-state index contributed by atoms with van der Waals surface area (Å²) in [5, 5.41) is 0.224. The predicted octanol–water partition coefficient (Wildman–Crippen LogP) is 5.79. The summed E-state index contributed by atoms with van der Waals surface area (Å²) in [6.45, 7) is 1.77. The minimum atomic E-state index is -4.40. The highest BCUT2D eigenvalue weighted by Crippen LogP contribution is 2.38. The number of thioether (sulfide) groups is 1. The molecule has 2 heterocycles. The number of pyridine rings is 2. The Morgan fingerprint density at radius 1 is 1.07 bits per heavy atom. The van der Waals surface area contributed by atoms with E-state index in [4.69, 9.17) is 11.6 Å². The number of nitrogens with zero attached hydrogens (tertiary/aromatic N) is 2. The first-order valence-corrected chi connectivity index (χ1v) is 11.2. The fourth-order valence-corrected chi connectivity index (χ4v) is 4.12. The lowest BCUT2D eigenvalue weighted by atomic mass is 10.0. The van der Waals surface area contributed by atoms with Crippen LogP contribution in [0.3, 0.4) is 0 Å². The largest absolute Gasteiger partial charge is 0.446 e. The average molecular weight is 459 g/mol. The zero-order valence-electron chi connectivity index (χ0n) is 15.2. The van der Waals surface area contributed by atoms with Gasteiger partial charge in [0.25, 0.3) is 0 Å². The molecule has 1 aromatic carbocycles. The van der Waals surface area contributed by atoms with E-state index in [0.29, 0.717) is 28.2 Å². The maximum atomic E-state index is 12.5. The van der Waals surface area contributed by atoms with Crippen LogP contribution < -0.4 is 0 Å². The van der Waals surface area contributed by atoms with Crippen LogP contribution in [0.1, 0.15) is 5.69 Å². The van der Waals surface area contributed by atoms with Crippen molar-refractivity contribution in [2.75, 3.05) is 6.26 Å². The number of aromatic nitrogens is 2. The Kier molecular flexibility index (Phi) is 5.93. The van der Waals surface area contributed by atoms with Gasteiger partial charge in [0.15, 0.2) is 9.84 Å². The Morgan fingerprint density at radius 2 is 1.79 bits per heavy atom. The van der Waals surface area contributed by atoms with E-state index in [1.54, 1.807) is 25.1 Å². The van der Waals surface area contributed by atoms with Crippen molar-refractivity contribution in [1.82, 2.24) is 9.97 Å². The molecule has 10 heteroatoms. The second kappa shape index (κ2) is 7.97. The van der Waals surface area contributed by atoms with Crippen LogP contribution in [0.25, 0.3) is 22.5 Å². The zero-order chi connectivity index (χ0) is 21.4. The molecule has 2 aromatic heterocycles. The molecule has 0 atom stereocenters. The van der Waals surface area contributed by atoms with Crippen LogP contribution in [-0.2, 0) is 9.84 Å². The van der Waals surface area contributed by atoms with Crippen molar-refractivity contribution in [1.29, 1.82) is 0 Å². The molecule has 0 aliphatic rings. The van der Waals surface area contributed by atoms with Gasteiger partial charge in [0.05, 0.1) is 16.3 Å². The molecule has 0 aliphatic carbocycles. The van der Waals surface area contributed by atoms with Gasteiger partial charge in [0.1, 0.15) is 0 Å². The number of rotatable bonds is 4. The number of sulfone groups is 1. The Labute approximate surface area is 175 Å². The molecular formula is C19H14ClF3N2O2S2. The highest BCUT2D eigenvalue weighted by molar-refractivity contribution is 8.00. The molecule has 3 aromatic rings. The summed E-state index contributed by atoms with van der Waals surface area (Å²) in [5.41, 5.74) is -1.88. The lowest BCUT2D eigenvalue weighted by Crippen LogP contribution is -2.00. The first kappa shape index (κ1) is 21.6. The molecule has 0 unspecified atom stereocenters. The van der Waals surface area contributed by atoms with Crippen molar-refractivity contribution in [2.24, 2.45) is 0 Å². The Morgan fingerprint density at radius 3 is 2.38 bits per heavy atom. The summed E-state index contributed by atoms with van der Waals surface area (Å²) in [4.78, 5) is 8.62. The number of halogens is 4.